The number of aryl methyl sites for hydroxylation is 1. The van der Waals surface area contributed by atoms with Crippen LogP contribution in [0.1, 0.15) is 74.6 Å². The summed E-state index contributed by atoms with van der Waals surface area (Å²) < 4.78 is 0. The second kappa shape index (κ2) is 7.96. The van der Waals surface area contributed by atoms with Crippen molar-refractivity contribution in [2.75, 3.05) is 7.05 Å². The van der Waals surface area contributed by atoms with E-state index in [-0.39, 0.29) is 11.5 Å². The van der Waals surface area contributed by atoms with E-state index in [2.05, 4.69) is 43.5 Å². The Balaban J connectivity index is 1.96. The van der Waals surface area contributed by atoms with Gasteiger partial charge in [-0.3, -0.25) is 4.79 Å². The zero-order valence-electron chi connectivity index (χ0n) is 16.9. The maximum Gasteiger partial charge on any atom is 0.160 e. The van der Waals surface area contributed by atoms with Gasteiger partial charge in [-0.15, -0.1) is 0 Å². The number of hydrogen-bond donors (Lipinski definition) is 2. The van der Waals surface area contributed by atoms with E-state index in [9.17, 15) is 4.79 Å². The lowest BCUT2D eigenvalue weighted by Crippen LogP contribution is -2.44. The molecule has 1 aliphatic carbocycles. The number of allylic oxidation sites excluding steroid dienone is 1. The molecular weight excluding hydrogens is 320 g/mol. The monoisotopic (exact) mass is 354 g/mol. The quantitative estimate of drug-likeness (QED) is 0.617. The normalized spacial score (nSPS) is 21.8. The molecule has 0 atom stereocenters. The van der Waals surface area contributed by atoms with Crippen molar-refractivity contribution in [3.05, 3.63) is 40.5 Å². The van der Waals surface area contributed by atoms with Crippen LogP contribution in [0.15, 0.2) is 18.2 Å². The van der Waals surface area contributed by atoms with Crippen LogP contribution in [-0.2, 0) is 17.8 Å². The van der Waals surface area contributed by atoms with Gasteiger partial charge in [0.2, 0.25) is 0 Å². The van der Waals surface area contributed by atoms with Crippen molar-refractivity contribution in [3.63, 3.8) is 0 Å². The number of carbonyl (C=O) groups is 1. The Morgan fingerprint density at radius 3 is 2.58 bits per heavy atom. The first-order valence-electron chi connectivity index (χ1n) is 10.2. The highest BCUT2D eigenvalue weighted by Crippen LogP contribution is 2.33. The smallest absolute Gasteiger partial charge is 0.160 e. The Morgan fingerprint density at radius 1 is 1.23 bits per heavy atom. The molecule has 0 radical (unpaired) electrons. The standard InChI is InChI=1S/C23H34N2O/c1-16-11-18-14-23(2,3)25-21(20(18)12-19(16)15-24-4)13-22(26)17-9-7-5-6-8-10-17/h11-13,17,24-25H,5-10,14-15H2,1-4H3/b21-13-. The summed E-state index contributed by atoms with van der Waals surface area (Å²) in [6.45, 7) is 7.47. The molecule has 0 unspecified atom stereocenters. The van der Waals surface area contributed by atoms with Gasteiger partial charge in [-0.2, -0.15) is 0 Å². The summed E-state index contributed by atoms with van der Waals surface area (Å²) in [6.07, 6.45) is 9.95. The third kappa shape index (κ3) is 4.37. The molecule has 1 aromatic rings. The summed E-state index contributed by atoms with van der Waals surface area (Å²) >= 11 is 0. The van der Waals surface area contributed by atoms with Gasteiger partial charge >= 0.3 is 0 Å². The van der Waals surface area contributed by atoms with Crippen LogP contribution in [0, 0.1) is 12.8 Å². The van der Waals surface area contributed by atoms with Gasteiger partial charge in [0.25, 0.3) is 0 Å². The van der Waals surface area contributed by atoms with Crippen LogP contribution in [-0.4, -0.2) is 18.4 Å². The number of ketones is 1. The number of hydrogen-bond acceptors (Lipinski definition) is 3. The van der Waals surface area contributed by atoms with Gasteiger partial charge < -0.3 is 10.6 Å². The van der Waals surface area contributed by atoms with Gasteiger partial charge in [0.15, 0.2) is 5.78 Å². The second-order valence-electron chi connectivity index (χ2n) is 8.80. The van der Waals surface area contributed by atoms with Crippen molar-refractivity contribution < 1.29 is 4.79 Å². The minimum Gasteiger partial charge on any atom is -0.379 e. The number of carbonyl (C=O) groups excluding carboxylic acids is 1. The zero-order valence-corrected chi connectivity index (χ0v) is 16.9. The minimum absolute atomic E-state index is 0.0282. The molecule has 3 rings (SSSR count). The largest absolute Gasteiger partial charge is 0.379 e. The maximum atomic E-state index is 13.0. The highest BCUT2D eigenvalue weighted by molar-refractivity contribution is 5.98. The maximum absolute atomic E-state index is 13.0. The summed E-state index contributed by atoms with van der Waals surface area (Å²) in [5, 5.41) is 6.90. The first kappa shape index (κ1) is 19.2. The number of rotatable bonds is 4. The zero-order chi connectivity index (χ0) is 18.7. The molecule has 1 heterocycles. The molecule has 142 valence electrons. The van der Waals surface area contributed by atoms with E-state index in [0.717, 1.165) is 31.5 Å². The molecule has 3 nitrogen and oxygen atoms in total. The van der Waals surface area contributed by atoms with Gasteiger partial charge in [0, 0.05) is 35.3 Å². The average molecular weight is 355 g/mol. The van der Waals surface area contributed by atoms with E-state index in [1.165, 1.54) is 47.9 Å². The van der Waals surface area contributed by atoms with Crippen molar-refractivity contribution in [3.8, 4) is 0 Å². The lowest BCUT2D eigenvalue weighted by atomic mass is 9.83. The van der Waals surface area contributed by atoms with Gasteiger partial charge in [0.05, 0.1) is 0 Å². The summed E-state index contributed by atoms with van der Waals surface area (Å²) in [5.41, 5.74) is 6.18. The van der Waals surface area contributed by atoms with Gasteiger partial charge in [0.1, 0.15) is 0 Å². The van der Waals surface area contributed by atoms with E-state index in [1.807, 2.05) is 13.1 Å². The molecule has 1 aliphatic heterocycles. The van der Waals surface area contributed by atoms with E-state index < -0.39 is 0 Å². The lowest BCUT2D eigenvalue weighted by molar-refractivity contribution is -0.118. The number of nitrogens with one attached hydrogen (secondary N) is 2. The van der Waals surface area contributed by atoms with Crippen LogP contribution in [0.2, 0.25) is 0 Å². The molecule has 1 fully saturated rings. The molecule has 0 saturated heterocycles. The number of fused-ring (bicyclic) bond motifs is 1. The number of benzene rings is 1. The van der Waals surface area contributed by atoms with Crippen LogP contribution in [0.3, 0.4) is 0 Å². The molecule has 3 heteroatoms. The predicted molar refractivity (Wildman–Crippen MR) is 109 cm³/mol. The highest BCUT2D eigenvalue weighted by atomic mass is 16.1. The van der Waals surface area contributed by atoms with Gasteiger partial charge in [-0.05, 0) is 69.8 Å². The summed E-state index contributed by atoms with van der Waals surface area (Å²) in [5.74, 6) is 0.524. The molecular formula is C23H34N2O. The Hall–Kier alpha value is -1.61. The van der Waals surface area contributed by atoms with Crippen LogP contribution in [0.25, 0.3) is 5.70 Å². The first-order valence-corrected chi connectivity index (χ1v) is 10.2. The third-order valence-electron chi connectivity index (χ3n) is 5.87. The first-order chi connectivity index (χ1) is 12.4. The Labute approximate surface area is 158 Å². The van der Waals surface area contributed by atoms with Crippen LogP contribution in [0.4, 0.5) is 0 Å². The molecule has 0 aromatic heterocycles. The topological polar surface area (TPSA) is 41.1 Å². The minimum atomic E-state index is -0.0282. The molecule has 1 saturated carbocycles. The molecule has 2 N–H and O–H groups in total. The van der Waals surface area contributed by atoms with Gasteiger partial charge in [-0.25, -0.2) is 0 Å². The molecule has 2 aliphatic rings. The van der Waals surface area contributed by atoms with Crippen molar-refractivity contribution in [1.82, 2.24) is 10.6 Å². The van der Waals surface area contributed by atoms with Crippen molar-refractivity contribution in [2.45, 2.75) is 77.8 Å². The predicted octanol–water partition coefficient (Wildman–Crippen LogP) is 4.52. The molecule has 0 amide bonds. The van der Waals surface area contributed by atoms with Crippen molar-refractivity contribution in [1.29, 1.82) is 0 Å². The van der Waals surface area contributed by atoms with Crippen molar-refractivity contribution >= 4 is 11.5 Å². The molecule has 0 bridgehead atoms. The fourth-order valence-electron chi connectivity index (χ4n) is 4.48. The van der Waals surface area contributed by atoms with Crippen molar-refractivity contribution in [2.24, 2.45) is 5.92 Å². The Bertz CT molecular complexity index is 694. The molecule has 26 heavy (non-hydrogen) atoms. The molecule has 1 aromatic carbocycles. The van der Waals surface area contributed by atoms with Crippen LogP contribution < -0.4 is 10.6 Å². The second-order valence-corrected chi connectivity index (χ2v) is 8.80. The lowest BCUT2D eigenvalue weighted by Gasteiger charge is -2.36. The summed E-state index contributed by atoms with van der Waals surface area (Å²) in [4.78, 5) is 13.0. The summed E-state index contributed by atoms with van der Waals surface area (Å²) in [7, 11) is 1.98. The third-order valence-corrected chi connectivity index (χ3v) is 5.87. The molecule has 0 spiro atoms. The Kier molecular flexibility index (Phi) is 5.86. The van der Waals surface area contributed by atoms with E-state index in [4.69, 9.17) is 0 Å². The van der Waals surface area contributed by atoms with E-state index >= 15 is 0 Å². The average Bonchev–Trinajstić information content (AvgIpc) is 2.85. The van der Waals surface area contributed by atoms with Gasteiger partial charge in [-0.1, -0.05) is 31.7 Å². The Morgan fingerprint density at radius 2 is 1.92 bits per heavy atom. The fourth-order valence-corrected chi connectivity index (χ4v) is 4.48. The fraction of sp³-hybridized carbons (Fsp3) is 0.609. The SMILES string of the molecule is CNCc1cc2c(cc1C)CC(C)(C)N/C2=C\C(=O)C1CCCCCC1. The van der Waals surface area contributed by atoms with Crippen LogP contribution >= 0.6 is 0 Å². The van der Waals surface area contributed by atoms with E-state index in [0.29, 0.717) is 5.78 Å². The van der Waals surface area contributed by atoms with Crippen LogP contribution in [0.5, 0.6) is 0 Å². The summed E-state index contributed by atoms with van der Waals surface area (Å²) in [6, 6.07) is 4.59. The van der Waals surface area contributed by atoms with E-state index in [1.54, 1.807) is 0 Å². The highest BCUT2D eigenvalue weighted by Gasteiger charge is 2.29.